The quantitative estimate of drug-likeness (QED) is 0.449. The predicted molar refractivity (Wildman–Crippen MR) is 108 cm³/mol. The lowest BCUT2D eigenvalue weighted by Gasteiger charge is -2.22. The van der Waals surface area contributed by atoms with Crippen LogP contribution in [0.4, 0.5) is 0 Å². The first kappa shape index (κ1) is 18.0. The van der Waals surface area contributed by atoms with Gasteiger partial charge in [0.05, 0.1) is 11.1 Å². The van der Waals surface area contributed by atoms with E-state index in [9.17, 15) is 10.5 Å². The topological polar surface area (TPSA) is 47.6 Å². The summed E-state index contributed by atoms with van der Waals surface area (Å²) in [5.74, 6) is 0. The fourth-order valence-corrected chi connectivity index (χ4v) is 3.40. The number of hydrogen-bond donors (Lipinski definition) is 0. The first-order chi connectivity index (χ1) is 12.1. The molecule has 0 aliphatic rings. The van der Waals surface area contributed by atoms with Crippen LogP contribution < -0.4 is 0 Å². The van der Waals surface area contributed by atoms with Crippen LogP contribution in [0.2, 0.25) is 0 Å². The zero-order valence-electron chi connectivity index (χ0n) is 16.4. The van der Waals surface area contributed by atoms with Gasteiger partial charge in [-0.1, -0.05) is 65.8 Å². The highest BCUT2D eigenvalue weighted by Crippen LogP contribution is 2.37. The highest BCUT2D eigenvalue weighted by atomic mass is 14.3. The number of nitriles is 2. The van der Waals surface area contributed by atoms with Crippen molar-refractivity contribution in [2.45, 2.75) is 52.4 Å². The van der Waals surface area contributed by atoms with E-state index in [4.69, 9.17) is 0 Å². The fraction of sp³-hybridized carbons (Fsp3) is 0.333. The summed E-state index contributed by atoms with van der Waals surface area (Å²) < 4.78 is 0. The molecule has 2 nitrogen and oxygen atoms in total. The molecular formula is C24H24N2. The van der Waals surface area contributed by atoms with Crippen molar-refractivity contribution in [2.24, 2.45) is 0 Å². The third-order valence-corrected chi connectivity index (χ3v) is 5.07. The minimum absolute atomic E-state index is 0.0151. The summed E-state index contributed by atoms with van der Waals surface area (Å²) in [5, 5.41) is 23.2. The van der Waals surface area contributed by atoms with Crippen molar-refractivity contribution in [2.75, 3.05) is 0 Å². The van der Waals surface area contributed by atoms with E-state index >= 15 is 0 Å². The van der Waals surface area contributed by atoms with E-state index in [1.165, 1.54) is 0 Å². The third kappa shape index (κ3) is 2.83. The van der Waals surface area contributed by atoms with Gasteiger partial charge < -0.3 is 0 Å². The van der Waals surface area contributed by atoms with E-state index in [1.54, 1.807) is 0 Å². The fourth-order valence-electron chi connectivity index (χ4n) is 3.40. The molecule has 0 N–H and O–H groups in total. The van der Waals surface area contributed by atoms with Gasteiger partial charge in [0, 0.05) is 21.5 Å². The Morgan fingerprint density at radius 3 is 1.19 bits per heavy atom. The molecular weight excluding hydrogens is 316 g/mol. The predicted octanol–water partition coefficient (Wildman–Crippen LogP) is 6.33. The standard InChI is InChI=1S/C24H24N2/c1-23(2,3)15-7-9-17-19(11-15)21(13-25)18-10-8-16(24(4,5)6)12-20(18)22(17)14-26/h7-12H,1-6H3. The second-order valence-electron chi connectivity index (χ2n) is 8.99. The molecule has 0 atom stereocenters. The van der Waals surface area contributed by atoms with Gasteiger partial charge in [-0.05, 0) is 34.1 Å². The molecule has 0 bridgehead atoms. The van der Waals surface area contributed by atoms with E-state index in [1.807, 2.05) is 12.1 Å². The largest absolute Gasteiger partial charge is 0.192 e. The van der Waals surface area contributed by atoms with Gasteiger partial charge in [0.2, 0.25) is 0 Å². The Morgan fingerprint density at radius 1 is 0.577 bits per heavy atom. The Kier molecular flexibility index (Phi) is 4.05. The van der Waals surface area contributed by atoms with Crippen molar-refractivity contribution in [3.8, 4) is 12.1 Å². The number of nitrogens with zero attached hydrogens (tertiary/aromatic N) is 2. The summed E-state index contributed by atoms with van der Waals surface area (Å²) in [6.45, 7) is 12.9. The third-order valence-electron chi connectivity index (χ3n) is 5.07. The van der Waals surface area contributed by atoms with Crippen LogP contribution in [0.1, 0.15) is 63.8 Å². The summed E-state index contributed by atoms with van der Waals surface area (Å²) in [4.78, 5) is 0. The lowest BCUT2D eigenvalue weighted by atomic mass is 9.82. The molecule has 0 amide bonds. The first-order valence-electron chi connectivity index (χ1n) is 8.92. The Hall–Kier alpha value is -2.84. The maximum atomic E-state index is 9.89. The molecule has 0 fully saturated rings. The zero-order chi connectivity index (χ0) is 19.3. The Labute approximate surface area is 155 Å². The van der Waals surface area contributed by atoms with Gasteiger partial charge in [-0.15, -0.1) is 0 Å². The van der Waals surface area contributed by atoms with Gasteiger partial charge in [-0.3, -0.25) is 0 Å². The molecule has 0 spiro atoms. The minimum Gasteiger partial charge on any atom is -0.192 e. The van der Waals surface area contributed by atoms with Crippen molar-refractivity contribution in [3.05, 3.63) is 58.7 Å². The molecule has 0 unspecified atom stereocenters. The first-order valence-corrected chi connectivity index (χ1v) is 8.92. The van der Waals surface area contributed by atoms with Crippen LogP contribution in [0.5, 0.6) is 0 Å². The summed E-state index contributed by atoms with van der Waals surface area (Å²) >= 11 is 0. The van der Waals surface area contributed by atoms with Crippen LogP contribution in [0.3, 0.4) is 0 Å². The van der Waals surface area contributed by atoms with Crippen molar-refractivity contribution in [3.63, 3.8) is 0 Å². The molecule has 3 aromatic carbocycles. The van der Waals surface area contributed by atoms with Gasteiger partial charge in [0.25, 0.3) is 0 Å². The number of benzene rings is 3. The molecule has 0 aromatic heterocycles. The monoisotopic (exact) mass is 340 g/mol. The van der Waals surface area contributed by atoms with Crippen LogP contribution in [0.25, 0.3) is 21.5 Å². The van der Waals surface area contributed by atoms with Crippen LogP contribution in [0, 0.1) is 22.7 Å². The molecule has 130 valence electrons. The maximum absolute atomic E-state index is 9.89. The molecule has 0 heterocycles. The second-order valence-corrected chi connectivity index (χ2v) is 8.99. The highest BCUT2D eigenvalue weighted by Gasteiger charge is 2.20. The Bertz CT molecular complexity index is 1020. The van der Waals surface area contributed by atoms with Crippen LogP contribution in [0.15, 0.2) is 36.4 Å². The molecule has 0 saturated heterocycles. The summed E-state index contributed by atoms with van der Waals surface area (Å²) in [5.41, 5.74) is 3.60. The van der Waals surface area contributed by atoms with E-state index in [-0.39, 0.29) is 10.8 Å². The van der Waals surface area contributed by atoms with Crippen molar-refractivity contribution < 1.29 is 0 Å². The summed E-state index contributed by atoms with van der Waals surface area (Å²) in [6, 6.07) is 17.1. The molecule has 2 heteroatoms. The summed E-state index contributed by atoms with van der Waals surface area (Å²) in [6.07, 6.45) is 0. The van der Waals surface area contributed by atoms with Crippen LogP contribution >= 0.6 is 0 Å². The minimum atomic E-state index is -0.0151. The Morgan fingerprint density at radius 2 is 0.923 bits per heavy atom. The van der Waals surface area contributed by atoms with Crippen molar-refractivity contribution >= 4 is 21.5 Å². The smallest absolute Gasteiger partial charge is 0.100 e. The van der Waals surface area contributed by atoms with Crippen molar-refractivity contribution in [1.29, 1.82) is 10.5 Å². The molecule has 0 radical (unpaired) electrons. The van der Waals surface area contributed by atoms with E-state index in [0.717, 1.165) is 32.7 Å². The van der Waals surface area contributed by atoms with E-state index in [2.05, 4.69) is 77.9 Å². The SMILES string of the molecule is CC(C)(C)c1ccc2c(C#N)c3cc(C(C)(C)C)ccc3c(C#N)c2c1. The number of fused-ring (bicyclic) bond motifs is 2. The normalized spacial score (nSPS) is 12.2. The average molecular weight is 340 g/mol. The molecule has 0 saturated carbocycles. The van der Waals surface area contributed by atoms with Gasteiger partial charge in [0.15, 0.2) is 0 Å². The van der Waals surface area contributed by atoms with E-state index in [0.29, 0.717) is 11.1 Å². The summed E-state index contributed by atoms with van der Waals surface area (Å²) in [7, 11) is 0. The van der Waals surface area contributed by atoms with Crippen LogP contribution in [-0.4, -0.2) is 0 Å². The average Bonchev–Trinajstić information content (AvgIpc) is 2.56. The van der Waals surface area contributed by atoms with Crippen molar-refractivity contribution in [1.82, 2.24) is 0 Å². The van der Waals surface area contributed by atoms with E-state index < -0.39 is 0 Å². The number of hydrogen-bond acceptors (Lipinski definition) is 2. The molecule has 0 aliphatic carbocycles. The maximum Gasteiger partial charge on any atom is 0.100 e. The Balaban J connectivity index is 2.52. The second kappa shape index (κ2) is 5.86. The number of rotatable bonds is 0. The zero-order valence-corrected chi connectivity index (χ0v) is 16.4. The van der Waals surface area contributed by atoms with Gasteiger partial charge in [0.1, 0.15) is 12.1 Å². The highest BCUT2D eigenvalue weighted by molar-refractivity contribution is 6.09. The van der Waals surface area contributed by atoms with Crippen LogP contribution in [-0.2, 0) is 10.8 Å². The molecule has 0 aliphatic heterocycles. The lowest BCUT2D eigenvalue weighted by Crippen LogP contribution is -2.11. The molecule has 3 aromatic rings. The molecule has 26 heavy (non-hydrogen) atoms. The molecule has 3 rings (SSSR count). The van der Waals surface area contributed by atoms with Gasteiger partial charge in [-0.2, -0.15) is 10.5 Å². The lowest BCUT2D eigenvalue weighted by molar-refractivity contribution is 0.590. The van der Waals surface area contributed by atoms with Gasteiger partial charge in [-0.25, -0.2) is 0 Å². The van der Waals surface area contributed by atoms with Gasteiger partial charge >= 0.3 is 0 Å².